The van der Waals surface area contributed by atoms with Gasteiger partial charge in [0, 0.05) is 49.8 Å². The van der Waals surface area contributed by atoms with E-state index >= 15 is 0 Å². The number of fused-ring (bicyclic) bond motifs is 1. The van der Waals surface area contributed by atoms with Gasteiger partial charge in [-0.05, 0) is 25.6 Å². The molecule has 1 aromatic carbocycles. The van der Waals surface area contributed by atoms with Crippen molar-refractivity contribution in [3.05, 3.63) is 36.0 Å². The molecule has 1 fully saturated rings. The van der Waals surface area contributed by atoms with Gasteiger partial charge in [-0.15, -0.1) is 0 Å². The molecule has 1 aliphatic rings. The van der Waals surface area contributed by atoms with Crippen molar-refractivity contribution in [3.8, 4) is 0 Å². The van der Waals surface area contributed by atoms with Crippen LogP contribution in [0.3, 0.4) is 0 Å². The number of carbonyl (C=O) groups excluding carboxylic acids is 1. The number of aryl methyl sites for hydroxylation is 1. The normalized spacial score (nSPS) is 20.1. The molecular weight excluding hydrogens is 262 g/mol. The molecule has 4 heteroatoms. The SMILES string of the molecule is CC1CN(C)CCN1C(=O)Cc1cn(C)c2ccccc12. The number of carbonyl (C=O) groups is 1. The van der Waals surface area contributed by atoms with E-state index in [1.54, 1.807) is 0 Å². The van der Waals surface area contributed by atoms with Gasteiger partial charge in [-0.25, -0.2) is 0 Å². The first-order valence-electron chi connectivity index (χ1n) is 7.57. The molecule has 0 saturated carbocycles. The van der Waals surface area contributed by atoms with Crippen LogP contribution >= 0.6 is 0 Å². The Bertz CT molecular complexity index is 661. The lowest BCUT2D eigenvalue weighted by molar-refractivity contribution is -0.134. The third-order valence-corrected chi connectivity index (χ3v) is 4.47. The van der Waals surface area contributed by atoms with E-state index in [0.29, 0.717) is 12.5 Å². The van der Waals surface area contributed by atoms with Gasteiger partial charge in [0.1, 0.15) is 0 Å². The number of likely N-dealkylation sites (N-methyl/N-ethyl adjacent to an activating group) is 1. The summed E-state index contributed by atoms with van der Waals surface area (Å²) in [5.74, 6) is 0.243. The zero-order valence-electron chi connectivity index (χ0n) is 13.0. The summed E-state index contributed by atoms with van der Waals surface area (Å²) in [6.45, 7) is 4.89. The maximum atomic E-state index is 12.6. The summed E-state index contributed by atoms with van der Waals surface area (Å²) in [6.07, 6.45) is 2.58. The lowest BCUT2D eigenvalue weighted by Gasteiger charge is -2.38. The minimum absolute atomic E-state index is 0.243. The molecule has 2 aromatic rings. The van der Waals surface area contributed by atoms with Crippen LogP contribution in [0.5, 0.6) is 0 Å². The molecule has 1 saturated heterocycles. The van der Waals surface area contributed by atoms with Crippen molar-refractivity contribution in [2.75, 3.05) is 26.7 Å². The van der Waals surface area contributed by atoms with E-state index in [4.69, 9.17) is 0 Å². The topological polar surface area (TPSA) is 28.5 Å². The molecule has 0 bridgehead atoms. The Morgan fingerprint density at radius 1 is 1.24 bits per heavy atom. The van der Waals surface area contributed by atoms with Gasteiger partial charge in [-0.1, -0.05) is 18.2 Å². The second-order valence-electron chi connectivity index (χ2n) is 6.16. The van der Waals surface area contributed by atoms with Crippen LogP contribution in [0.15, 0.2) is 30.5 Å². The number of piperazine rings is 1. The summed E-state index contributed by atoms with van der Waals surface area (Å²) in [5.41, 5.74) is 2.32. The first kappa shape index (κ1) is 14.1. The summed E-state index contributed by atoms with van der Waals surface area (Å²) >= 11 is 0. The molecule has 4 nitrogen and oxygen atoms in total. The molecule has 0 aliphatic carbocycles. The molecule has 112 valence electrons. The van der Waals surface area contributed by atoms with Gasteiger partial charge >= 0.3 is 0 Å². The van der Waals surface area contributed by atoms with E-state index < -0.39 is 0 Å². The van der Waals surface area contributed by atoms with Gasteiger partial charge in [-0.3, -0.25) is 4.79 Å². The Balaban J connectivity index is 1.80. The molecule has 1 unspecified atom stereocenters. The van der Waals surface area contributed by atoms with Gasteiger partial charge in [-0.2, -0.15) is 0 Å². The predicted octanol–water partition coefficient (Wildman–Crippen LogP) is 1.88. The lowest BCUT2D eigenvalue weighted by atomic mass is 10.1. The first-order valence-corrected chi connectivity index (χ1v) is 7.57. The van der Waals surface area contributed by atoms with E-state index in [1.807, 2.05) is 24.1 Å². The van der Waals surface area contributed by atoms with Crippen LogP contribution in [0.25, 0.3) is 10.9 Å². The second kappa shape index (κ2) is 5.53. The number of hydrogen-bond acceptors (Lipinski definition) is 2. The largest absolute Gasteiger partial charge is 0.350 e. The Labute approximate surface area is 125 Å². The van der Waals surface area contributed by atoms with Crippen molar-refractivity contribution < 1.29 is 4.79 Å². The highest BCUT2D eigenvalue weighted by Gasteiger charge is 2.26. The maximum absolute atomic E-state index is 12.6. The highest BCUT2D eigenvalue weighted by atomic mass is 16.2. The standard InChI is InChI=1S/C17H23N3O/c1-13-11-18(2)8-9-20(13)17(21)10-14-12-19(3)16-7-5-4-6-15(14)16/h4-7,12-13H,8-11H2,1-3H3. The third kappa shape index (κ3) is 2.68. The van der Waals surface area contributed by atoms with Crippen LogP contribution in [-0.4, -0.2) is 53.0 Å². The highest BCUT2D eigenvalue weighted by Crippen LogP contribution is 2.22. The summed E-state index contributed by atoms with van der Waals surface area (Å²) in [6, 6.07) is 8.57. The van der Waals surface area contributed by atoms with Gasteiger partial charge in [0.2, 0.25) is 5.91 Å². The smallest absolute Gasteiger partial charge is 0.227 e. The van der Waals surface area contributed by atoms with Crippen LogP contribution in [0.1, 0.15) is 12.5 Å². The monoisotopic (exact) mass is 285 g/mol. The molecule has 1 aromatic heterocycles. The maximum Gasteiger partial charge on any atom is 0.227 e. The lowest BCUT2D eigenvalue weighted by Crippen LogP contribution is -2.53. The molecular formula is C17H23N3O. The van der Waals surface area contributed by atoms with E-state index in [1.165, 1.54) is 10.9 Å². The average molecular weight is 285 g/mol. The van der Waals surface area contributed by atoms with Crippen molar-refractivity contribution >= 4 is 16.8 Å². The fraction of sp³-hybridized carbons (Fsp3) is 0.471. The van der Waals surface area contributed by atoms with Crippen LogP contribution in [0.2, 0.25) is 0 Å². The molecule has 3 rings (SSSR count). The Morgan fingerprint density at radius 3 is 2.76 bits per heavy atom. The van der Waals surface area contributed by atoms with Gasteiger partial charge in [0.15, 0.2) is 0 Å². The third-order valence-electron chi connectivity index (χ3n) is 4.47. The second-order valence-corrected chi connectivity index (χ2v) is 6.16. The number of benzene rings is 1. The number of amides is 1. The minimum Gasteiger partial charge on any atom is -0.350 e. The van der Waals surface area contributed by atoms with Crippen molar-refractivity contribution in [3.63, 3.8) is 0 Å². The zero-order valence-corrected chi connectivity index (χ0v) is 13.0. The van der Waals surface area contributed by atoms with E-state index in [2.05, 4.69) is 41.8 Å². The fourth-order valence-corrected chi connectivity index (χ4v) is 3.34. The number of rotatable bonds is 2. The number of para-hydroxylation sites is 1. The van der Waals surface area contributed by atoms with Crippen LogP contribution < -0.4 is 0 Å². The average Bonchev–Trinajstić information content (AvgIpc) is 2.76. The number of hydrogen-bond donors (Lipinski definition) is 0. The summed E-state index contributed by atoms with van der Waals surface area (Å²) in [4.78, 5) is 16.9. The molecule has 2 heterocycles. The zero-order chi connectivity index (χ0) is 15.0. The van der Waals surface area contributed by atoms with Crippen molar-refractivity contribution in [2.24, 2.45) is 7.05 Å². The van der Waals surface area contributed by atoms with Crippen molar-refractivity contribution in [2.45, 2.75) is 19.4 Å². The Kier molecular flexibility index (Phi) is 3.72. The molecule has 21 heavy (non-hydrogen) atoms. The van der Waals surface area contributed by atoms with Gasteiger partial charge in [0.05, 0.1) is 6.42 Å². The molecule has 1 atom stereocenters. The van der Waals surface area contributed by atoms with E-state index in [-0.39, 0.29) is 5.91 Å². The molecule has 1 aliphatic heterocycles. The summed E-state index contributed by atoms with van der Waals surface area (Å²) in [7, 11) is 4.15. The number of aromatic nitrogens is 1. The van der Waals surface area contributed by atoms with Gasteiger partial charge < -0.3 is 14.4 Å². The number of nitrogens with zero attached hydrogens (tertiary/aromatic N) is 3. The highest BCUT2D eigenvalue weighted by molar-refractivity contribution is 5.89. The minimum atomic E-state index is 0.243. The Hall–Kier alpha value is -1.81. The van der Waals surface area contributed by atoms with E-state index in [0.717, 1.165) is 25.2 Å². The quantitative estimate of drug-likeness (QED) is 0.843. The van der Waals surface area contributed by atoms with E-state index in [9.17, 15) is 4.79 Å². The van der Waals surface area contributed by atoms with Crippen molar-refractivity contribution in [1.29, 1.82) is 0 Å². The molecule has 1 amide bonds. The Morgan fingerprint density at radius 2 is 2.00 bits per heavy atom. The molecule has 0 N–H and O–H groups in total. The summed E-state index contributed by atoms with van der Waals surface area (Å²) < 4.78 is 2.10. The van der Waals surface area contributed by atoms with Crippen LogP contribution in [0, 0.1) is 0 Å². The fourth-order valence-electron chi connectivity index (χ4n) is 3.34. The summed E-state index contributed by atoms with van der Waals surface area (Å²) in [5, 5.41) is 1.19. The van der Waals surface area contributed by atoms with Gasteiger partial charge in [0.25, 0.3) is 0 Å². The molecule has 0 spiro atoms. The molecule has 0 radical (unpaired) electrons. The first-order chi connectivity index (χ1) is 10.1. The van der Waals surface area contributed by atoms with Crippen LogP contribution in [0.4, 0.5) is 0 Å². The van der Waals surface area contributed by atoms with Crippen molar-refractivity contribution in [1.82, 2.24) is 14.4 Å². The predicted molar refractivity (Wildman–Crippen MR) is 85.3 cm³/mol. The van der Waals surface area contributed by atoms with Crippen LogP contribution in [-0.2, 0) is 18.3 Å².